The summed E-state index contributed by atoms with van der Waals surface area (Å²) in [6.45, 7) is 5.78. The van der Waals surface area contributed by atoms with Gasteiger partial charge in [-0.1, -0.05) is 0 Å². The number of hydrogen-bond donors (Lipinski definition) is 2. The van der Waals surface area contributed by atoms with Crippen molar-refractivity contribution in [2.45, 2.75) is 50.3 Å². The molecule has 5 heterocycles. The van der Waals surface area contributed by atoms with Gasteiger partial charge in [0.15, 0.2) is 11.6 Å². The number of nitrogens with one attached hydrogen (secondary N) is 1. The quantitative estimate of drug-likeness (QED) is 0.648. The summed E-state index contributed by atoms with van der Waals surface area (Å²) in [5, 5.41) is 7.89. The molecular weight excluding hydrogens is 390 g/mol. The first-order valence-corrected chi connectivity index (χ1v) is 9.64. The van der Waals surface area contributed by atoms with E-state index in [1.54, 1.807) is 4.52 Å². The Bertz CT molecular complexity index is 1100. The van der Waals surface area contributed by atoms with Crippen LogP contribution in [-0.2, 0) is 14.2 Å². The summed E-state index contributed by atoms with van der Waals surface area (Å²) < 4.78 is 21.0. The summed E-state index contributed by atoms with van der Waals surface area (Å²) in [5.41, 5.74) is 6.87. The number of ether oxygens (including phenoxy) is 3. The Morgan fingerprint density at radius 3 is 2.93 bits per heavy atom. The second-order valence-corrected chi connectivity index (χ2v) is 8.29. The lowest BCUT2D eigenvalue weighted by Crippen LogP contribution is -2.51. The van der Waals surface area contributed by atoms with E-state index in [4.69, 9.17) is 19.9 Å². The molecule has 11 heteroatoms. The molecule has 3 aromatic heterocycles. The first-order valence-electron chi connectivity index (χ1n) is 9.64. The van der Waals surface area contributed by atoms with Crippen molar-refractivity contribution in [3.8, 4) is 0 Å². The van der Waals surface area contributed by atoms with Crippen molar-refractivity contribution in [1.29, 1.82) is 0 Å². The molecule has 2 saturated heterocycles. The van der Waals surface area contributed by atoms with Crippen LogP contribution in [0.25, 0.3) is 5.52 Å². The van der Waals surface area contributed by atoms with E-state index in [0.29, 0.717) is 11.3 Å². The number of anilines is 1. The number of nitrogens with two attached hydrogens (primary N) is 1. The van der Waals surface area contributed by atoms with Crippen LogP contribution in [0, 0.1) is 0 Å². The molecule has 0 spiro atoms. The lowest BCUT2D eigenvalue weighted by atomic mass is 9.96. The molecule has 3 N–H and O–H groups in total. The van der Waals surface area contributed by atoms with Crippen LogP contribution in [0.4, 0.5) is 10.6 Å². The lowest BCUT2D eigenvalue weighted by Gasteiger charge is -2.31. The lowest BCUT2D eigenvalue weighted by molar-refractivity contribution is -0.164. The van der Waals surface area contributed by atoms with Crippen LogP contribution < -0.4 is 11.1 Å². The first-order chi connectivity index (χ1) is 14.3. The van der Waals surface area contributed by atoms with Crippen LogP contribution in [0.3, 0.4) is 0 Å². The van der Waals surface area contributed by atoms with Crippen molar-refractivity contribution < 1.29 is 19.0 Å². The van der Waals surface area contributed by atoms with Crippen LogP contribution >= 0.6 is 0 Å². The smallest absolute Gasteiger partial charge is 0.419 e. The summed E-state index contributed by atoms with van der Waals surface area (Å²) in [6.07, 6.45) is 4.69. The fourth-order valence-electron chi connectivity index (χ4n) is 4.27. The summed E-state index contributed by atoms with van der Waals surface area (Å²) >= 11 is 0. The zero-order valence-corrected chi connectivity index (χ0v) is 16.8. The zero-order chi connectivity index (χ0) is 21.1. The van der Waals surface area contributed by atoms with E-state index in [0.717, 1.165) is 5.69 Å². The van der Waals surface area contributed by atoms with E-state index >= 15 is 0 Å². The predicted octanol–water partition coefficient (Wildman–Crippen LogP) is 1.12. The highest BCUT2D eigenvalue weighted by Gasteiger charge is 2.60. The molecule has 0 amide bonds. The number of aromatic nitrogens is 5. The third-order valence-corrected chi connectivity index (χ3v) is 5.61. The molecule has 4 atom stereocenters. The van der Waals surface area contributed by atoms with E-state index < -0.39 is 17.4 Å². The zero-order valence-electron chi connectivity index (χ0n) is 16.8. The van der Waals surface area contributed by atoms with Crippen molar-refractivity contribution in [1.82, 2.24) is 29.5 Å². The Morgan fingerprint density at radius 1 is 1.33 bits per heavy atom. The maximum Gasteiger partial charge on any atom is 0.419 e. The molecule has 0 saturated carbocycles. The Kier molecular flexibility index (Phi) is 4.10. The number of carbonyl (C=O) groups excluding carboxylic acids is 1. The SMILES string of the molecule is CC1(C)O[C@H]2[C@H](c3ccc4c(N)ncnn34)N[C@](C)(COC(=O)n3ccnc3)[C@H]2O1. The van der Waals surface area contributed by atoms with Crippen molar-refractivity contribution in [2.24, 2.45) is 0 Å². The minimum atomic E-state index is -0.771. The molecule has 0 aliphatic carbocycles. The third-order valence-electron chi connectivity index (χ3n) is 5.61. The molecule has 0 aromatic carbocycles. The van der Waals surface area contributed by atoms with Crippen LogP contribution in [0.15, 0.2) is 37.2 Å². The van der Waals surface area contributed by atoms with Gasteiger partial charge in [-0.05, 0) is 32.9 Å². The highest BCUT2D eigenvalue weighted by molar-refractivity contribution is 5.70. The van der Waals surface area contributed by atoms with Gasteiger partial charge in [0.05, 0.1) is 17.3 Å². The minimum Gasteiger partial charge on any atom is -0.447 e. The second-order valence-electron chi connectivity index (χ2n) is 8.29. The highest BCUT2D eigenvalue weighted by atomic mass is 16.8. The van der Waals surface area contributed by atoms with Gasteiger partial charge in [0.25, 0.3) is 0 Å². The fraction of sp³-hybridized carbons (Fsp3) is 0.474. The van der Waals surface area contributed by atoms with Gasteiger partial charge >= 0.3 is 6.09 Å². The Hall–Kier alpha value is -3.02. The van der Waals surface area contributed by atoms with E-state index in [-0.39, 0.29) is 24.9 Å². The van der Waals surface area contributed by atoms with Crippen LogP contribution in [-0.4, -0.2) is 60.4 Å². The number of nitrogen functional groups attached to an aromatic ring is 1. The Balaban J connectivity index is 1.46. The molecule has 0 unspecified atom stereocenters. The molecule has 11 nitrogen and oxygen atoms in total. The topological polar surface area (TPSA) is 131 Å². The van der Waals surface area contributed by atoms with Gasteiger partial charge in [0.1, 0.15) is 37.0 Å². The van der Waals surface area contributed by atoms with Gasteiger partial charge in [0.2, 0.25) is 0 Å². The highest BCUT2D eigenvalue weighted by Crippen LogP contribution is 2.46. The molecule has 3 aromatic rings. The van der Waals surface area contributed by atoms with Crippen LogP contribution in [0.1, 0.15) is 32.5 Å². The molecule has 30 heavy (non-hydrogen) atoms. The van der Waals surface area contributed by atoms with E-state index in [2.05, 4.69) is 20.4 Å². The molecule has 5 rings (SSSR count). The number of rotatable bonds is 3. The number of hydrogen-bond acceptors (Lipinski definition) is 9. The number of fused-ring (bicyclic) bond motifs is 2. The summed E-state index contributed by atoms with van der Waals surface area (Å²) in [6, 6.07) is 3.55. The van der Waals surface area contributed by atoms with Gasteiger partial charge in [-0.3, -0.25) is 5.32 Å². The van der Waals surface area contributed by atoms with Crippen LogP contribution in [0.2, 0.25) is 0 Å². The first kappa shape index (κ1) is 19.0. The van der Waals surface area contributed by atoms with Crippen molar-refractivity contribution in [3.05, 3.63) is 42.9 Å². The third kappa shape index (κ3) is 2.93. The van der Waals surface area contributed by atoms with E-state index in [9.17, 15) is 4.79 Å². The molecular formula is C19H23N7O4. The average Bonchev–Trinajstić information content (AvgIpc) is 3.45. The molecule has 0 radical (unpaired) electrons. The number of carbonyl (C=O) groups is 1. The van der Waals surface area contributed by atoms with Gasteiger partial charge in [-0.2, -0.15) is 5.10 Å². The van der Waals surface area contributed by atoms with Gasteiger partial charge in [0, 0.05) is 12.4 Å². The second kappa shape index (κ2) is 6.49. The van der Waals surface area contributed by atoms with Gasteiger partial charge in [-0.15, -0.1) is 0 Å². The largest absolute Gasteiger partial charge is 0.447 e. The monoisotopic (exact) mass is 413 g/mol. The van der Waals surface area contributed by atoms with Crippen LogP contribution in [0.5, 0.6) is 0 Å². The minimum absolute atomic E-state index is 0.0849. The maximum atomic E-state index is 12.3. The summed E-state index contributed by atoms with van der Waals surface area (Å²) in [5.74, 6) is -0.376. The Morgan fingerprint density at radius 2 is 2.17 bits per heavy atom. The predicted molar refractivity (Wildman–Crippen MR) is 104 cm³/mol. The van der Waals surface area contributed by atoms with Crippen molar-refractivity contribution in [3.63, 3.8) is 0 Å². The molecule has 0 bridgehead atoms. The molecule has 2 aliphatic rings. The Labute approximate surface area is 172 Å². The molecule has 2 fully saturated rings. The summed E-state index contributed by atoms with van der Waals surface area (Å²) in [4.78, 5) is 20.2. The maximum absolute atomic E-state index is 12.3. The molecule has 2 aliphatic heterocycles. The van der Waals surface area contributed by atoms with Crippen molar-refractivity contribution >= 4 is 17.4 Å². The standard InChI is InChI=1S/C19H23N7O4/c1-18(2)29-14-13(11-4-5-12-16(20)22-9-23-26(11)12)24-19(3,15(14)30-18)8-28-17(27)25-7-6-21-10-25/h4-7,9-10,13-15,24H,8H2,1-3H3,(H2,20,22,23)/t13-,14-,15-,19+/m0/s1. The molecule has 158 valence electrons. The summed E-state index contributed by atoms with van der Waals surface area (Å²) in [7, 11) is 0. The number of nitrogens with zero attached hydrogens (tertiary/aromatic N) is 5. The normalized spacial score (nSPS) is 29.9. The van der Waals surface area contributed by atoms with Gasteiger partial charge < -0.3 is 19.9 Å². The van der Waals surface area contributed by atoms with Gasteiger partial charge in [-0.25, -0.2) is 23.8 Å². The fourth-order valence-corrected chi connectivity index (χ4v) is 4.27. The van der Waals surface area contributed by atoms with E-state index in [1.807, 2.05) is 32.9 Å². The van der Waals surface area contributed by atoms with Crippen molar-refractivity contribution in [2.75, 3.05) is 12.3 Å². The number of imidazole rings is 1. The van der Waals surface area contributed by atoms with E-state index in [1.165, 1.54) is 29.6 Å². The average molecular weight is 413 g/mol.